The maximum atomic E-state index is 5.26. The van der Waals surface area contributed by atoms with Crippen LogP contribution >= 0.6 is 0 Å². The lowest BCUT2D eigenvalue weighted by molar-refractivity contribution is 1.01. The first-order valence-corrected chi connectivity index (χ1v) is 42.6. The predicted octanol–water partition coefficient (Wildman–Crippen LogP) is 28.5. The molecule has 0 aliphatic rings. The van der Waals surface area contributed by atoms with E-state index in [1.54, 1.807) is 0 Å². The summed E-state index contributed by atoms with van der Waals surface area (Å²) in [7, 11) is 0. The fraction of sp³-hybridized carbons (Fsp3) is 0. The van der Waals surface area contributed by atoms with Crippen LogP contribution in [0.4, 0.5) is 0 Å². The van der Waals surface area contributed by atoms with Crippen LogP contribution in [0.5, 0.6) is 0 Å². The number of benzene rings is 18. The molecule has 0 atom stereocenters. The molecule has 0 amide bonds. The Morgan fingerprint density at radius 2 is 0.397 bits per heavy atom. The molecule has 0 saturated carbocycles. The monoisotopic (exact) mass is 1610 g/mol. The number of aromatic nitrogens is 12. The van der Waals surface area contributed by atoms with Crippen molar-refractivity contribution in [3.05, 3.63) is 437 Å². The van der Waals surface area contributed by atoms with Gasteiger partial charge in [0.25, 0.3) is 0 Å². The molecule has 0 aliphatic heterocycles. The van der Waals surface area contributed by atoms with E-state index in [9.17, 15) is 0 Å². The third-order valence-electron chi connectivity index (χ3n) is 25.0. The molecule has 9 heterocycles. The highest BCUT2D eigenvalue weighted by Gasteiger charge is 2.27. The molecule has 0 bridgehead atoms. The van der Waals surface area contributed by atoms with Crippen molar-refractivity contribution < 1.29 is 0 Å². The van der Waals surface area contributed by atoms with Crippen molar-refractivity contribution in [2.75, 3.05) is 0 Å². The Morgan fingerprint density at radius 1 is 0.143 bits per heavy atom. The van der Waals surface area contributed by atoms with E-state index in [0.717, 1.165) is 122 Å². The van der Waals surface area contributed by atoms with Crippen LogP contribution < -0.4 is 0 Å². The van der Waals surface area contributed by atoms with E-state index in [1.807, 2.05) is 36.4 Å². The van der Waals surface area contributed by atoms with Gasteiger partial charge in [0.05, 0.1) is 99.8 Å². The third kappa shape index (κ3) is 11.5. The summed E-state index contributed by atoms with van der Waals surface area (Å²) < 4.78 is 13.8. The SMILES string of the molecule is c1ccc(-c2nc(-n3c4ccccc4c4c3ccc3c5ccccc5n(-c5ccccc5)c34)nc3ccccc23)cc1.c1ccc(-c2nc(-n3c4ccccc4c4cc5c(cc43)c3ccccc3n5-c3ccccc3)nc3ccccc23)cc1.c1ccc(-c2nc(-n3c4ccccc4c4cc5c6ccccc6n(-c6ccccc6)c5cc43)nc3ccccc23)cc1. The van der Waals surface area contributed by atoms with Crippen LogP contribution in [0.1, 0.15) is 0 Å². The van der Waals surface area contributed by atoms with E-state index >= 15 is 0 Å². The Balaban J connectivity index is 0.000000103. The number of hydrogen-bond acceptors (Lipinski definition) is 6. The molecule has 0 unspecified atom stereocenters. The molecule has 27 aromatic rings. The standard InChI is InChI=1S/3C38H24N4/c1-3-13-25(14-4-1)37-29-19-7-10-20-32(29)39-38(40-37)42-34-22-12-9-18-28(34)31-23-35-30(24-36(31)42)27-17-8-11-21-33(27)41(35)26-15-5-2-6-16-26;1-3-13-25(14-4-1)37-29-19-7-10-20-32(29)39-38(40-37)42-34-22-12-9-18-28(34)31-23-30-27-17-8-11-21-33(27)41(35(30)24-36(31)42)26-15-5-2-6-16-26;1-3-13-25(14-4-1)36-29-18-7-10-20-31(29)39-38(40-36)42-33-22-12-9-19-30(33)35-34(42)24-23-28-27-17-8-11-21-32(27)41(37(28)35)26-15-5-2-6-16-26/h3*1-24H. The molecule has 12 nitrogen and oxygen atoms in total. The normalized spacial score (nSPS) is 11.8. The molecule has 588 valence electrons. The average Bonchev–Trinajstić information content (AvgIpc) is 1.56. The minimum Gasteiger partial charge on any atom is -0.309 e. The van der Waals surface area contributed by atoms with Crippen molar-refractivity contribution in [3.8, 4) is 68.7 Å². The van der Waals surface area contributed by atoms with Crippen LogP contribution in [0.2, 0.25) is 0 Å². The lowest BCUT2D eigenvalue weighted by Gasteiger charge is -2.12. The van der Waals surface area contributed by atoms with Crippen molar-refractivity contribution in [2.45, 2.75) is 0 Å². The molecule has 9 aromatic heterocycles. The maximum absolute atomic E-state index is 5.26. The average molecular weight is 1610 g/mol. The van der Waals surface area contributed by atoms with Crippen LogP contribution in [-0.2, 0) is 0 Å². The van der Waals surface area contributed by atoms with Gasteiger partial charge < -0.3 is 13.7 Å². The Kier molecular flexibility index (Phi) is 16.7. The molecule has 0 fully saturated rings. The quantitative estimate of drug-likeness (QED) is 0.142. The van der Waals surface area contributed by atoms with E-state index < -0.39 is 0 Å². The van der Waals surface area contributed by atoms with Gasteiger partial charge in [-0.05, 0) is 121 Å². The molecule has 27 rings (SSSR count). The van der Waals surface area contributed by atoms with Gasteiger partial charge in [0.15, 0.2) is 0 Å². The van der Waals surface area contributed by atoms with Crippen molar-refractivity contribution in [1.29, 1.82) is 0 Å². The van der Waals surface area contributed by atoms with E-state index in [2.05, 4.69) is 428 Å². The fourth-order valence-corrected chi connectivity index (χ4v) is 19.5. The predicted molar refractivity (Wildman–Crippen MR) is 521 cm³/mol. The zero-order valence-electron chi connectivity index (χ0n) is 67.9. The second-order valence-electron chi connectivity index (χ2n) is 32.0. The van der Waals surface area contributed by atoms with Gasteiger partial charge in [0, 0.05) is 115 Å². The first kappa shape index (κ1) is 71.7. The lowest BCUT2D eigenvalue weighted by atomic mass is 10.1. The lowest BCUT2D eigenvalue weighted by Crippen LogP contribution is -2.03. The summed E-state index contributed by atoms with van der Waals surface area (Å²) in [6.45, 7) is 0. The van der Waals surface area contributed by atoms with Crippen LogP contribution in [0.15, 0.2) is 437 Å². The summed E-state index contributed by atoms with van der Waals surface area (Å²) in [5.41, 5.74) is 25.8. The molecular formula is C114H72N12. The van der Waals surface area contributed by atoms with Gasteiger partial charge in [0.2, 0.25) is 17.8 Å². The highest BCUT2D eigenvalue weighted by molar-refractivity contribution is 6.27. The Morgan fingerprint density at radius 3 is 0.778 bits per heavy atom. The summed E-state index contributed by atoms with van der Waals surface area (Å²) in [6.07, 6.45) is 0. The van der Waals surface area contributed by atoms with Crippen molar-refractivity contribution in [1.82, 2.24) is 57.3 Å². The van der Waals surface area contributed by atoms with Crippen LogP contribution in [-0.4, -0.2) is 57.3 Å². The minimum absolute atomic E-state index is 0.667. The van der Waals surface area contributed by atoms with Crippen molar-refractivity contribution >= 4 is 164 Å². The molecule has 12 heteroatoms. The van der Waals surface area contributed by atoms with Crippen molar-refractivity contribution in [2.24, 2.45) is 0 Å². The van der Waals surface area contributed by atoms with Crippen molar-refractivity contribution in [3.63, 3.8) is 0 Å². The topological polar surface area (TPSA) is 107 Å². The summed E-state index contributed by atoms with van der Waals surface area (Å²) in [5, 5.41) is 17.6. The minimum atomic E-state index is 0.667. The van der Waals surface area contributed by atoms with Gasteiger partial charge in [-0.15, -0.1) is 0 Å². The molecule has 0 N–H and O–H groups in total. The Hall–Kier alpha value is -17.2. The number of fused-ring (bicyclic) bond motifs is 22. The third-order valence-corrected chi connectivity index (χ3v) is 25.0. The summed E-state index contributed by atoms with van der Waals surface area (Å²) in [5.74, 6) is 2.01. The number of hydrogen-bond donors (Lipinski definition) is 0. The second-order valence-corrected chi connectivity index (χ2v) is 32.0. The first-order chi connectivity index (χ1) is 62.6. The molecule has 0 aliphatic carbocycles. The first-order valence-electron chi connectivity index (χ1n) is 42.6. The Labute approximate surface area is 721 Å². The largest absolute Gasteiger partial charge is 0.309 e. The summed E-state index contributed by atoms with van der Waals surface area (Å²) >= 11 is 0. The molecule has 0 saturated heterocycles. The van der Waals surface area contributed by atoms with Gasteiger partial charge >= 0.3 is 0 Å². The fourth-order valence-electron chi connectivity index (χ4n) is 19.5. The van der Waals surface area contributed by atoms with E-state index in [-0.39, 0.29) is 0 Å². The molecule has 18 aromatic carbocycles. The molecule has 0 spiro atoms. The number of nitrogens with zero attached hydrogens (tertiary/aromatic N) is 12. The number of rotatable bonds is 9. The smallest absolute Gasteiger partial charge is 0.235 e. The van der Waals surface area contributed by atoms with Crippen LogP contribution in [0.3, 0.4) is 0 Å². The summed E-state index contributed by atoms with van der Waals surface area (Å²) in [6, 6.07) is 153. The zero-order valence-corrected chi connectivity index (χ0v) is 67.9. The van der Waals surface area contributed by atoms with Crippen LogP contribution in [0, 0.1) is 0 Å². The summed E-state index contributed by atoms with van der Waals surface area (Å²) in [4.78, 5) is 31.2. The van der Waals surface area contributed by atoms with Gasteiger partial charge in [-0.3, -0.25) is 13.7 Å². The van der Waals surface area contributed by atoms with E-state index in [0.29, 0.717) is 17.8 Å². The van der Waals surface area contributed by atoms with Gasteiger partial charge in [-0.25, -0.2) is 29.9 Å². The zero-order chi connectivity index (χ0) is 82.9. The van der Waals surface area contributed by atoms with Gasteiger partial charge in [-0.2, -0.15) is 0 Å². The highest BCUT2D eigenvalue weighted by atomic mass is 15.2. The molecule has 0 radical (unpaired) electrons. The highest BCUT2D eigenvalue weighted by Crippen LogP contribution is 2.46. The van der Waals surface area contributed by atoms with Gasteiger partial charge in [0.1, 0.15) is 0 Å². The molecule has 126 heavy (non-hydrogen) atoms. The van der Waals surface area contributed by atoms with E-state index in [1.165, 1.54) is 92.2 Å². The second kappa shape index (κ2) is 29.3. The maximum Gasteiger partial charge on any atom is 0.235 e. The number of para-hydroxylation sites is 12. The molecular weight excluding hydrogens is 1540 g/mol. The van der Waals surface area contributed by atoms with Crippen LogP contribution in [0.25, 0.3) is 232 Å². The van der Waals surface area contributed by atoms with E-state index in [4.69, 9.17) is 29.9 Å². The van der Waals surface area contributed by atoms with Gasteiger partial charge in [-0.1, -0.05) is 315 Å². The Bertz CT molecular complexity index is 8870.